The minimum absolute atomic E-state index is 0.293. The molecule has 0 spiro atoms. The summed E-state index contributed by atoms with van der Waals surface area (Å²) >= 11 is 0. The molecule has 0 unspecified atom stereocenters. The van der Waals surface area contributed by atoms with Gasteiger partial charge in [0, 0.05) is 0 Å². The summed E-state index contributed by atoms with van der Waals surface area (Å²) in [7, 11) is 1.54. The van der Waals surface area contributed by atoms with Crippen LogP contribution in [0, 0.1) is 0 Å². The second kappa shape index (κ2) is 3.38. The van der Waals surface area contributed by atoms with Crippen LogP contribution in [0.5, 0.6) is 6.01 Å². The lowest BCUT2D eigenvalue weighted by Gasteiger charge is -2.08. The van der Waals surface area contributed by atoms with Crippen LogP contribution < -0.4 is 10.5 Å². The van der Waals surface area contributed by atoms with Gasteiger partial charge >= 0.3 is 6.01 Å². The summed E-state index contributed by atoms with van der Waals surface area (Å²) in [4.78, 5) is 8.01. The lowest BCUT2D eigenvalue weighted by molar-refractivity contribution is 0.377. The predicted octanol–water partition coefficient (Wildman–Crippen LogP) is 1.19. The van der Waals surface area contributed by atoms with Crippen molar-refractivity contribution < 1.29 is 4.74 Å². The highest BCUT2D eigenvalue weighted by Gasteiger charge is 2.07. The minimum Gasteiger partial charge on any atom is -0.467 e. The van der Waals surface area contributed by atoms with Gasteiger partial charge in [-0.05, 0) is 5.92 Å². The molecule has 1 rings (SSSR count). The van der Waals surface area contributed by atoms with Crippen molar-refractivity contribution in [2.24, 2.45) is 0 Å². The average Bonchev–Trinajstić information content (AvgIpc) is 2.05. The SMILES string of the molecule is COc1ncc(N)c(C(C)C)n1. The molecule has 0 amide bonds. The van der Waals surface area contributed by atoms with Crippen molar-refractivity contribution in [2.75, 3.05) is 12.8 Å². The van der Waals surface area contributed by atoms with E-state index < -0.39 is 0 Å². The summed E-state index contributed by atoms with van der Waals surface area (Å²) in [6.45, 7) is 4.05. The van der Waals surface area contributed by atoms with Crippen molar-refractivity contribution >= 4 is 5.69 Å². The van der Waals surface area contributed by atoms with Gasteiger partial charge < -0.3 is 10.5 Å². The number of hydrogen-bond acceptors (Lipinski definition) is 4. The Morgan fingerprint density at radius 1 is 1.50 bits per heavy atom. The fraction of sp³-hybridized carbons (Fsp3) is 0.500. The van der Waals surface area contributed by atoms with Gasteiger partial charge in [-0.3, -0.25) is 0 Å². The zero-order chi connectivity index (χ0) is 9.14. The predicted molar refractivity (Wildman–Crippen MR) is 47.1 cm³/mol. The Morgan fingerprint density at radius 2 is 2.17 bits per heavy atom. The molecular formula is C8H13N3O. The van der Waals surface area contributed by atoms with Crippen molar-refractivity contribution in [1.82, 2.24) is 9.97 Å². The number of hydrogen-bond donors (Lipinski definition) is 1. The van der Waals surface area contributed by atoms with Crippen LogP contribution in [0.1, 0.15) is 25.5 Å². The highest BCUT2D eigenvalue weighted by atomic mass is 16.5. The van der Waals surface area contributed by atoms with E-state index in [2.05, 4.69) is 9.97 Å². The van der Waals surface area contributed by atoms with Crippen molar-refractivity contribution in [3.8, 4) is 6.01 Å². The Balaban J connectivity index is 3.08. The Hall–Kier alpha value is -1.32. The smallest absolute Gasteiger partial charge is 0.316 e. The molecule has 0 aromatic carbocycles. The molecule has 0 radical (unpaired) electrons. The maximum Gasteiger partial charge on any atom is 0.316 e. The van der Waals surface area contributed by atoms with Crippen molar-refractivity contribution in [3.63, 3.8) is 0 Å². The summed E-state index contributed by atoms with van der Waals surface area (Å²) in [6, 6.07) is 0.368. The molecule has 4 nitrogen and oxygen atoms in total. The van der Waals surface area contributed by atoms with Crippen LogP contribution in [0.3, 0.4) is 0 Å². The summed E-state index contributed by atoms with van der Waals surface area (Å²) in [5.74, 6) is 0.293. The molecule has 0 fully saturated rings. The molecule has 0 aliphatic carbocycles. The number of nitrogens with zero attached hydrogens (tertiary/aromatic N) is 2. The number of rotatable bonds is 2. The third-order valence-corrected chi connectivity index (χ3v) is 1.56. The van der Waals surface area contributed by atoms with E-state index in [4.69, 9.17) is 10.5 Å². The first kappa shape index (κ1) is 8.77. The number of nitrogens with two attached hydrogens (primary N) is 1. The summed E-state index contributed by atoms with van der Waals surface area (Å²) < 4.78 is 4.88. The van der Waals surface area contributed by atoms with E-state index in [0.29, 0.717) is 17.6 Å². The van der Waals surface area contributed by atoms with Gasteiger partial charge in [0.25, 0.3) is 0 Å². The van der Waals surface area contributed by atoms with E-state index in [1.807, 2.05) is 13.8 Å². The van der Waals surface area contributed by atoms with Gasteiger partial charge in [-0.25, -0.2) is 4.98 Å². The Kier molecular flexibility index (Phi) is 2.47. The molecule has 2 N–H and O–H groups in total. The molecule has 0 saturated heterocycles. The lowest BCUT2D eigenvalue weighted by Crippen LogP contribution is -2.03. The fourth-order valence-corrected chi connectivity index (χ4v) is 0.948. The van der Waals surface area contributed by atoms with Crippen molar-refractivity contribution in [1.29, 1.82) is 0 Å². The average molecular weight is 167 g/mol. The molecule has 1 heterocycles. The molecule has 12 heavy (non-hydrogen) atoms. The van der Waals surface area contributed by atoms with Crippen molar-refractivity contribution in [3.05, 3.63) is 11.9 Å². The fourth-order valence-electron chi connectivity index (χ4n) is 0.948. The summed E-state index contributed by atoms with van der Waals surface area (Å²) in [5.41, 5.74) is 7.12. The normalized spacial score (nSPS) is 10.3. The van der Waals surface area contributed by atoms with Crippen LogP contribution in [0.2, 0.25) is 0 Å². The molecule has 0 aliphatic rings. The highest BCUT2D eigenvalue weighted by Crippen LogP contribution is 2.19. The molecular weight excluding hydrogens is 154 g/mol. The largest absolute Gasteiger partial charge is 0.467 e. The molecule has 1 aromatic rings. The third kappa shape index (κ3) is 1.64. The number of aromatic nitrogens is 2. The van der Waals surface area contributed by atoms with Crippen LogP contribution in [-0.2, 0) is 0 Å². The van der Waals surface area contributed by atoms with Gasteiger partial charge in [0.05, 0.1) is 24.7 Å². The summed E-state index contributed by atoms with van der Waals surface area (Å²) in [6.07, 6.45) is 1.57. The third-order valence-electron chi connectivity index (χ3n) is 1.56. The van der Waals surface area contributed by atoms with E-state index >= 15 is 0 Å². The molecule has 66 valence electrons. The topological polar surface area (TPSA) is 61.0 Å². The Morgan fingerprint density at radius 3 is 2.67 bits per heavy atom. The number of nitrogen functional groups attached to an aromatic ring is 1. The molecule has 0 atom stereocenters. The zero-order valence-electron chi connectivity index (χ0n) is 7.53. The van der Waals surface area contributed by atoms with E-state index in [1.165, 1.54) is 7.11 Å². The summed E-state index contributed by atoms with van der Waals surface area (Å²) in [5, 5.41) is 0. The van der Waals surface area contributed by atoms with Gasteiger partial charge in [-0.15, -0.1) is 0 Å². The quantitative estimate of drug-likeness (QED) is 0.718. The second-order valence-corrected chi connectivity index (χ2v) is 2.85. The van der Waals surface area contributed by atoms with E-state index in [0.717, 1.165) is 5.69 Å². The van der Waals surface area contributed by atoms with Crippen LogP contribution in [0.15, 0.2) is 6.20 Å². The van der Waals surface area contributed by atoms with Gasteiger partial charge in [-0.2, -0.15) is 4.98 Å². The van der Waals surface area contributed by atoms with E-state index in [1.54, 1.807) is 6.20 Å². The maximum absolute atomic E-state index is 5.66. The Bertz CT molecular complexity index is 273. The first-order chi connectivity index (χ1) is 5.65. The number of anilines is 1. The van der Waals surface area contributed by atoms with Crippen LogP contribution in [-0.4, -0.2) is 17.1 Å². The molecule has 0 aliphatic heterocycles. The van der Waals surface area contributed by atoms with Gasteiger partial charge in [-0.1, -0.05) is 13.8 Å². The van der Waals surface area contributed by atoms with Gasteiger partial charge in [0.1, 0.15) is 0 Å². The van der Waals surface area contributed by atoms with Gasteiger partial charge in [0.15, 0.2) is 0 Å². The monoisotopic (exact) mass is 167 g/mol. The van der Waals surface area contributed by atoms with Crippen molar-refractivity contribution in [2.45, 2.75) is 19.8 Å². The molecule has 4 heteroatoms. The first-order valence-corrected chi connectivity index (χ1v) is 3.81. The van der Waals surface area contributed by atoms with E-state index in [-0.39, 0.29) is 0 Å². The van der Waals surface area contributed by atoms with E-state index in [9.17, 15) is 0 Å². The van der Waals surface area contributed by atoms with Gasteiger partial charge in [0.2, 0.25) is 0 Å². The molecule has 0 saturated carbocycles. The number of ether oxygens (including phenoxy) is 1. The minimum atomic E-state index is 0.293. The standard InChI is InChI=1S/C8H13N3O/c1-5(2)7-6(9)4-10-8(11-7)12-3/h4-5H,9H2,1-3H3. The lowest BCUT2D eigenvalue weighted by atomic mass is 10.1. The van der Waals surface area contributed by atoms with Crippen LogP contribution in [0.25, 0.3) is 0 Å². The maximum atomic E-state index is 5.66. The highest BCUT2D eigenvalue weighted by molar-refractivity contribution is 5.42. The first-order valence-electron chi connectivity index (χ1n) is 3.81. The van der Waals surface area contributed by atoms with Crippen LogP contribution in [0.4, 0.5) is 5.69 Å². The second-order valence-electron chi connectivity index (χ2n) is 2.85. The van der Waals surface area contributed by atoms with Crippen LogP contribution >= 0.6 is 0 Å². The molecule has 1 aromatic heterocycles. The number of methoxy groups -OCH3 is 1. The molecule has 0 bridgehead atoms. The zero-order valence-corrected chi connectivity index (χ0v) is 7.53. The Labute approximate surface area is 71.8 Å².